The first-order valence-electron chi connectivity index (χ1n) is 11.0. The maximum absolute atomic E-state index is 12.2. The Hall–Kier alpha value is -1.84. The molecule has 1 atom stereocenters. The van der Waals surface area contributed by atoms with E-state index in [-0.39, 0.29) is 23.9 Å². The molecule has 0 radical (unpaired) electrons. The minimum absolute atomic E-state index is 0.154. The van der Waals surface area contributed by atoms with Crippen molar-refractivity contribution < 1.29 is 9.59 Å². The van der Waals surface area contributed by atoms with Crippen molar-refractivity contribution >= 4 is 11.8 Å². The predicted molar refractivity (Wildman–Crippen MR) is 115 cm³/mol. The van der Waals surface area contributed by atoms with Crippen LogP contribution in [0.25, 0.3) is 0 Å². The van der Waals surface area contributed by atoms with Crippen molar-refractivity contribution in [2.75, 3.05) is 0 Å². The fraction of sp³-hybridized carbons (Fsp3) is 0.667. The number of carbonyl (C=O) groups excluding carboxylic acids is 2. The maximum Gasteiger partial charge on any atom is 0.220 e. The fourth-order valence-electron chi connectivity index (χ4n) is 4.29. The molecule has 1 unspecified atom stereocenters. The average molecular weight is 387 g/mol. The van der Waals surface area contributed by atoms with E-state index in [4.69, 9.17) is 0 Å². The largest absolute Gasteiger partial charge is 0.354 e. The van der Waals surface area contributed by atoms with Gasteiger partial charge >= 0.3 is 0 Å². The van der Waals surface area contributed by atoms with Gasteiger partial charge in [-0.25, -0.2) is 0 Å². The SMILES string of the molecule is CC(C)NC(=O)CCC1CCC(CC(C)NC(=O)CCc2ccccc2)CC1. The van der Waals surface area contributed by atoms with Gasteiger partial charge in [0.05, 0.1) is 0 Å². The van der Waals surface area contributed by atoms with Gasteiger partial charge in [0.15, 0.2) is 0 Å². The standard InChI is InChI=1S/C24H38N2O2/c1-18(2)25-23(27)15-14-21-9-11-22(12-10-21)17-19(3)26-24(28)16-13-20-7-5-4-6-8-20/h4-8,18-19,21-22H,9-17H2,1-3H3,(H,25,27)(H,26,28). The Morgan fingerprint density at radius 1 is 0.893 bits per heavy atom. The molecule has 0 saturated heterocycles. The highest BCUT2D eigenvalue weighted by Gasteiger charge is 2.23. The van der Waals surface area contributed by atoms with E-state index in [1.54, 1.807) is 0 Å². The molecule has 1 aliphatic carbocycles. The molecule has 4 nitrogen and oxygen atoms in total. The third kappa shape index (κ3) is 8.90. The van der Waals surface area contributed by atoms with Gasteiger partial charge in [0.2, 0.25) is 11.8 Å². The molecule has 1 aliphatic rings. The summed E-state index contributed by atoms with van der Waals surface area (Å²) in [6.07, 6.45) is 8.97. The Bertz CT molecular complexity index is 592. The van der Waals surface area contributed by atoms with E-state index in [0.29, 0.717) is 24.7 Å². The molecule has 0 heterocycles. The molecule has 2 rings (SSSR count). The van der Waals surface area contributed by atoms with E-state index in [2.05, 4.69) is 29.7 Å². The zero-order valence-corrected chi connectivity index (χ0v) is 17.9. The topological polar surface area (TPSA) is 58.2 Å². The van der Waals surface area contributed by atoms with Crippen molar-refractivity contribution in [3.8, 4) is 0 Å². The van der Waals surface area contributed by atoms with Crippen molar-refractivity contribution in [3.05, 3.63) is 35.9 Å². The smallest absolute Gasteiger partial charge is 0.220 e. The third-order valence-electron chi connectivity index (χ3n) is 5.77. The lowest BCUT2D eigenvalue weighted by atomic mass is 9.78. The van der Waals surface area contributed by atoms with Crippen molar-refractivity contribution in [2.24, 2.45) is 11.8 Å². The maximum atomic E-state index is 12.2. The van der Waals surface area contributed by atoms with Crippen LogP contribution in [0.3, 0.4) is 0 Å². The van der Waals surface area contributed by atoms with Gasteiger partial charge in [-0.05, 0) is 57.4 Å². The van der Waals surface area contributed by atoms with Crippen LogP contribution in [0.4, 0.5) is 0 Å². The van der Waals surface area contributed by atoms with E-state index in [9.17, 15) is 9.59 Å². The molecular formula is C24H38N2O2. The van der Waals surface area contributed by atoms with Crippen molar-refractivity contribution in [3.63, 3.8) is 0 Å². The van der Waals surface area contributed by atoms with Crippen LogP contribution in [0.1, 0.15) is 77.7 Å². The normalized spacial score (nSPS) is 20.6. The number of hydrogen-bond acceptors (Lipinski definition) is 2. The molecule has 0 spiro atoms. The summed E-state index contributed by atoms with van der Waals surface area (Å²) in [7, 11) is 0. The number of rotatable bonds is 10. The van der Waals surface area contributed by atoms with E-state index in [1.165, 1.54) is 31.2 Å². The Kier molecular flexibility index (Phi) is 9.52. The highest BCUT2D eigenvalue weighted by molar-refractivity contribution is 5.76. The molecule has 2 amide bonds. The predicted octanol–water partition coefficient (Wildman–Crippen LogP) is 4.63. The fourth-order valence-corrected chi connectivity index (χ4v) is 4.29. The molecule has 4 heteroatoms. The summed E-state index contributed by atoms with van der Waals surface area (Å²) in [5.41, 5.74) is 1.21. The third-order valence-corrected chi connectivity index (χ3v) is 5.77. The number of amides is 2. The molecule has 2 N–H and O–H groups in total. The molecule has 28 heavy (non-hydrogen) atoms. The van der Waals surface area contributed by atoms with Crippen molar-refractivity contribution in [2.45, 2.75) is 90.6 Å². The Morgan fingerprint density at radius 2 is 1.50 bits per heavy atom. The van der Waals surface area contributed by atoms with Crippen LogP contribution in [0.15, 0.2) is 30.3 Å². The zero-order chi connectivity index (χ0) is 20.4. The van der Waals surface area contributed by atoms with Gasteiger partial charge < -0.3 is 10.6 Å². The second-order valence-corrected chi connectivity index (χ2v) is 8.84. The summed E-state index contributed by atoms with van der Waals surface area (Å²) in [4.78, 5) is 24.0. The van der Waals surface area contributed by atoms with Gasteiger partial charge in [-0.2, -0.15) is 0 Å². The number of aryl methyl sites for hydroxylation is 1. The van der Waals surface area contributed by atoms with Crippen LogP contribution in [0, 0.1) is 11.8 Å². The van der Waals surface area contributed by atoms with Crippen molar-refractivity contribution in [1.29, 1.82) is 0 Å². The minimum Gasteiger partial charge on any atom is -0.354 e. The second-order valence-electron chi connectivity index (χ2n) is 8.84. The molecule has 0 bridgehead atoms. The Morgan fingerprint density at radius 3 is 2.14 bits per heavy atom. The molecular weight excluding hydrogens is 348 g/mol. The van der Waals surface area contributed by atoms with Gasteiger partial charge in [-0.1, -0.05) is 56.0 Å². The summed E-state index contributed by atoms with van der Waals surface area (Å²) < 4.78 is 0. The molecule has 0 aliphatic heterocycles. The number of carbonyl (C=O) groups is 2. The lowest BCUT2D eigenvalue weighted by molar-refractivity contribution is -0.122. The first-order chi connectivity index (χ1) is 13.4. The summed E-state index contributed by atoms with van der Waals surface area (Å²) >= 11 is 0. The summed E-state index contributed by atoms with van der Waals surface area (Å²) in [5, 5.41) is 6.15. The van der Waals surface area contributed by atoms with Gasteiger partial charge in [0.25, 0.3) is 0 Å². The molecule has 1 aromatic carbocycles. The number of benzene rings is 1. The Labute approximate surface area is 170 Å². The first kappa shape index (κ1) is 22.4. The lowest BCUT2D eigenvalue weighted by Crippen LogP contribution is -2.35. The first-order valence-corrected chi connectivity index (χ1v) is 11.0. The van der Waals surface area contributed by atoms with Crippen LogP contribution in [0.5, 0.6) is 0 Å². The van der Waals surface area contributed by atoms with Crippen molar-refractivity contribution in [1.82, 2.24) is 10.6 Å². The number of hydrogen-bond donors (Lipinski definition) is 2. The van der Waals surface area contributed by atoms with Crippen LogP contribution < -0.4 is 10.6 Å². The van der Waals surface area contributed by atoms with Crippen LogP contribution >= 0.6 is 0 Å². The van der Waals surface area contributed by atoms with Gasteiger partial charge in [0, 0.05) is 24.9 Å². The van der Waals surface area contributed by atoms with Gasteiger partial charge in [0.1, 0.15) is 0 Å². The highest BCUT2D eigenvalue weighted by atomic mass is 16.2. The summed E-state index contributed by atoms with van der Waals surface area (Å²) in [6, 6.07) is 10.6. The van der Waals surface area contributed by atoms with Crippen LogP contribution in [-0.4, -0.2) is 23.9 Å². The molecule has 156 valence electrons. The van der Waals surface area contributed by atoms with Crippen LogP contribution in [0.2, 0.25) is 0 Å². The summed E-state index contributed by atoms with van der Waals surface area (Å²) in [5.74, 6) is 1.72. The highest BCUT2D eigenvalue weighted by Crippen LogP contribution is 2.33. The molecule has 0 aromatic heterocycles. The quantitative estimate of drug-likeness (QED) is 0.616. The number of nitrogens with one attached hydrogen (secondary N) is 2. The van der Waals surface area contributed by atoms with E-state index < -0.39 is 0 Å². The van der Waals surface area contributed by atoms with E-state index in [1.807, 2.05) is 32.0 Å². The van der Waals surface area contributed by atoms with Gasteiger partial charge in [-0.15, -0.1) is 0 Å². The average Bonchev–Trinajstić information content (AvgIpc) is 2.66. The Balaban J connectivity index is 1.59. The summed E-state index contributed by atoms with van der Waals surface area (Å²) in [6.45, 7) is 6.14. The molecule has 1 fully saturated rings. The minimum atomic E-state index is 0.154. The lowest BCUT2D eigenvalue weighted by Gasteiger charge is -2.30. The molecule has 1 aromatic rings. The van der Waals surface area contributed by atoms with E-state index in [0.717, 1.165) is 19.3 Å². The molecule has 1 saturated carbocycles. The van der Waals surface area contributed by atoms with E-state index >= 15 is 0 Å². The van der Waals surface area contributed by atoms with Gasteiger partial charge in [-0.3, -0.25) is 9.59 Å². The second kappa shape index (κ2) is 11.9. The monoisotopic (exact) mass is 386 g/mol. The van der Waals surface area contributed by atoms with Crippen LogP contribution in [-0.2, 0) is 16.0 Å². The zero-order valence-electron chi connectivity index (χ0n) is 17.9.